The van der Waals surface area contributed by atoms with Crippen LogP contribution in [0.15, 0.2) is 30.3 Å². The Morgan fingerprint density at radius 2 is 1.95 bits per heavy atom. The molecule has 0 bridgehead atoms. The molecule has 0 heterocycles. The summed E-state index contributed by atoms with van der Waals surface area (Å²) in [5.74, 6) is -1.66. The van der Waals surface area contributed by atoms with Crippen LogP contribution in [0.2, 0.25) is 0 Å². The average Bonchev–Trinajstić information content (AvgIpc) is 2.42. The summed E-state index contributed by atoms with van der Waals surface area (Å²) in [6.07, 6.45) is 0.833. The lowest BCUT2D eigenvalue weighted by atomic mass is 10.0. The van der Waals surface area contributed by atoms with Gasteiger partial charge in [0, 0.05) is 19.0 Å². The monoisotopic (exact) mass is 264 g/mol. The molecule has 0 aliphatic heterocycles. The van der Waals surface area contributed by atoms with E-state index in [4.69, 9.17) is 10.8 Å². The average molecular weight is 264 g/mol. The normalized spacial score (nSPS) is 13.6. The van der Waals surface area contributed by atoms with Crippen LogP contribution in [0.1, 0.15) is 31.4 Å². The van der Waals surface area contributed by atoms with Gasteiger partial charge in [0.25, 0.3) is 0 Å². The number of nitrogens with two attached hydrogens (primary N) is 1. The molecule has 0 aliphatic carbocycles. The molecule has 1 rings (SSSR count). The Hall–Kier alpha value is -1.88. The van der Waals surface area contributed by atoms with Crippen LogP contribution in [0.3, 0.4) is 0 Å². The van der Waals surface area contributed by atoms with Gasteiger partial charge >= 0.3 is 5.97 Å². The smallest absolute Gasteiger partial charge is 0.308 e. The second-order valence-corrected chi connectivity index (χ2v) is 4.60. The standard InChI is InChI=1S/C14H20N2O3/c1-10(14(18)19)9-16-13(17)8-7-12(15)11-5-3-2-4-6-11/h2-6,10,12H,7-9,15H2,1H3,(H,16,17)(H,18,19). The van der Waals surface area contributed by atoms with E-state index < -0.39 is 11.9 Å². The highest BCUT2D eigenvalue weighted by atomic mass is 16.4. The predicted molar refractivity (Wildman–Crippen MR) is 72.4 cm³/mol. The molecule has 0 saturated carbocycles. The maximum atomic E-state index is 11.5. The number of amides is 1. The molecule has 5 heteroatoms. The molecule has 2 atom stereocenters. The van der Waals surface area contributed by atoms with Crippen LogP contribution < -0.4 is 11.1 Å². The zero-order valence-electron chi connectivity index (χ0n) is 11.0. The predicted octanol–water partition coefficient (Wildman–Crippen LogP) is 1.30. The molecule has 0 spiro atoms. The van der Waals surface area contributed by atoms with Gasteiger partial charge in [-0.15, -0.1) is 0 Å². The van der Waals surface area contributed by atoms with Crippen molar-refractivity contribution in [3.8, 4) is 0 Å². The summed E-state index contributed by atoms with van der Waals surface area (Å²) in [4.78, 5) is 22.1. The van der Waals surface area contributed by atoms with Crippen LogP contribution in [-0.4, -0.2) is 23.5 Å². The van der Waals surface area contributed by atoms with Crippen LogP contribution in [0, 0.1) is 5.92 Å². The molecule has 4 N–H and O–H groups in total. The summed E-state index contributed by atoms with van der Waals surface area (Å²) < 4.78 is 0. The first-order chi connectivity index (χ1) is 9.00. The molecule has 0 aliphatic rings. The SMILES string of the molecule is CC(CNC(=O)CCC(N)c1ccccc1)C(=O)O. The number of carboxylic acids is 1. The lowest BCUT2D eigenvalue weighted by molar-refractivity contribution is -0.141. The fourth-order valence-corrected chi connectivity index (χ4v) is 1.60. The zero-order valence-corrected chi connectivity index (χ0v) is 11.0. The van der Waals surface area contributed by atoms with Crippen molar-refractivity contribution < 1.29 is 14.7 Å². The molecule has 104 valence electrons. The third-order valence-electron chi connectivity index (χ3n) is 2.94. The number of carboxylic acid groups (broad SMARTS) is 1. The Labute approximate surface area is 112 Å². The number of nitrogens with one attached hydrogen (secondary N) is 1. The fourth-order valence-electron chi connectivity index (χ4n) is 1.60. The van der Waals surface area contributed by atoms with Crippen molar-refractivity contribution in [2.45, 2.75) is 25.8 Å². The van der Waals surface area contributed by atoms with Crippen molar-refractivity contribution in [3.05, 3.63) is 35.9 Å². The Morgan fingerprint density at radius 1 is 1.32 bits per heavy atom. The molecular formula is C14H20N2O3. The van der Waals surface area contributed by atoms with E-state index in [-0.39, 0.29) is 18.5 Å². The number of hydrogen-bond acceptors (Lipinski definition) is 3. The van der Waals surface area contributed by atoms with E-state index in [1.807, 2.05) is 30.3 Å². The Kier molecular flexibility index (Phi) is 6.02. The van der Waals surface area contributed by atoms with Gasteiger partial charge in [-0.25, -0.2) is 0 Å². The first-order valence-electron chi connectivity index (χ1n) is 6.30. The van der Waals surface area contributed by atoms with Crippen LogP contribution in [0.5, 0.6) is 0 Å². The zero-order chi connectivity index (χ0) is 14.3. The number of carbonyl (C=O) groups is 2. The first kappa shape index (κ1) is 15.2. The summed E-state index contributed by atoms with van der Waals surface area (Å²) in [6.45, 7) is 1.70. The number of aliphatic carboxylic acids is 1. The number of benzene rings is 1. The molecule has 2 unspecified atom stereocenters. The Bertz CT molecular complexity index is 420. The topological polar surface area (TPSA) is 92.4 Å². The summed E-state index contributed by atoms with van der Waals surface area (Å²) in [7, 11) is 0. The van der Waals surface area contributed by atoms with Gasteiger partial charge in [-0.3, -0.25) is 9.59 Å². The van der Waals surface area contributed by atoms with Crippen molar-refractivity contribution in [3.63, 3.8) is 0 Å². The minimum absolute atomic E-state index is 0.148. The first-order valence-corrected chi connectivity index (χ1v) is 6.30. The second kappa shape index (κ2) is 7.53. The van der Waals surface area contributed by atoms with Crippen molar-refractivity contribution in [2.75, 3.05) is 6.54 Å². The van der Waals surface area contributed by atoms with E-state index in [0.717, 1.165) is 5.56 Å². The van der Waals surface area contributed by atoms with Crippen LogP contribution in [0.4, 0.5) is 0 Å². The van der Waals surface area contributed by atoms with Gasteiger partial charge in [0.15, 0.2) is 0 Å². The number of rotatable bonds is 7. The van der Waals surface area contributed by atoms with Crippen molar-refractivity contribution in [1.29, 1.82) is 0 Å². The minimum Gasteiger partial charge on any atom is -0.481 e. The van der Waals surface area contributed by atoms with Gasteiger partial charge in [-0.05, 0) is 12.0 Å². The van der Waals surface area contributed by atoms with Gasteiger partial charge in [0.2, 0.25) is 5.91 Å². The Balaban J connectivity index is 2.29. The fraction of sp³-hybridized carbons (Fsp3) is 0.429. The molecule has 0 aromatic heterocycles. The molecule has 19 heavy (non-hydrogen) atoms. The highest BCUT2D eigenvalue weighted by molar-refractivity contribution is 5.77. The molecule has 0 radical (unpaired) electrons. The summed E-state index contributed by atoms with van der Waals surface area (Å²) in [5.41, 5.74) is 6.97. The van der Waals surface area contributed by atoms with Crippen LogP contribution >= 0.6 is 0 Å². The van der Waals surface area contributed by atoms with Gasteiger partial charge in [-0.2, -0.15) is 0 Å². The quantitative estimate of drug-likeness (QED) is 0.692. The lowest BCUT2D eigenvalue weighted by Crippen LogP contribution is -2.31. The van der Waals surface area contributed by atoms with Gasteiger partial charge in [0.1, 0.15) is 0 Å². The summed E-state index contributed by atoms with van der Waals surface area (Å²) >= 11 is 0. The molecule has 1 amide bonds. The van der Waals surface area contributed by atoms with Crippen molar-refractivity contribution >= 4 is 11.9 Å². The van der Waals surface area contributed by atoms with E-state index in [1.54, 1.807) is 6.92 Å². The molecule has 0 fully saturated rings. The largest absolute Gasteiger partial charge is 0.481 e. The maximum absolute atomic E-state index is 11.5. The molecule has 1 aromatic rings. The van der Waals surface area contributed by atoms with Gasteiger partial charge in [0.05, 0.1) is 5.92 Å². The van der Waals surface area contributed by atoms with Crippen LogP contribution in [-0.2, 0) is 9.59 Å². The van der Waals surface area contributed by atoms with Gasteiger partial charge in [-0.1, -0.05) is 37.3 Å². The Morgan fingerprint density at radius 3 is 2.53 bits per heavy atom. The van der Waals surface area contributed by atoms with Crippen molar-refractivity contribution in [1.82, 2.24) is 5.32 Å². The molecule has 1 aromatic carbocycles. The minimum atomic E-state index is -0.915. The summed E-state index contributed by atoms with van der Waals surface area (Å²) in [6, 6.07) is 9.40. The van der Waals surface area contributed by atoms with Crippen molar-refractivity contribution in [2.24, 2.45) is 11.7 Å². The third kappa shape index (κ3) is 5.52. The van der Waals surface area contributed by atoms with E-state index in [9.17, 15) is 9.59 Å². The third-order valence-corrected chi connectivity index (χ3v) is 2.94. The lowest BCUT2D eigenvalue weighted by Gasteiger charge is -2.12. The number of hydrogen-bond donors (Lipinski definition) is 3. The van der Waals surface area contributed by atoms with E-state index in [1.165, 1.54) is 0 Å². The van der Waals surface area contributed by atoms with E-state index in [2.05, 4.69) is 5.32 Å². The van der Waals surface area contributed by atoms with E-state index in [0.29, 0.717) is 12.8 Å². The molecule has 5 nitrogen and oxygen atoms in total. The maximum Gasteiger partial charge on any atom is 0.308 e. The highest BCUT2D eigenvalue weighted by Gasteiger charge is 2.13. The highest BCUT2D eigenvalue weighted by Crippen LogP contribution is 2.14. The summed E-state index contributed by atoms with van der Waals surface area (Å²) in [5, 5.41) is 11.3. The molecular weight excluding hydrogens is 244 g/mol. The van der Waals surface area contributed by atoms with Crippen LogP contribution in [0.25, 0.3) is 0 Å². The van der Waals surface area contributed by atoms with Gasteiger partial charge < -0.3 is 16.2 Å². The number of carbonyl (C=O) groups excluding carboxylic acids is 1. The van der Waals surface area contributed by atoms with E-state index >= 15 is 0 Å². The molecule has 0 saturated heterocycles. The second-order valence-electron chi connectivity index (χ2n) is 4.60.